The second-order valence-corrected chi connectivity index (χ2v) is 9.13. The van der Waals surface area contributed by atoms with Crippen LogP contribution in [0.4, 0.5) is 0 Å². The summed E-state index contributed by atoms with van der Waals surface area (Å²) >= 11 is 3.22. The van der Waals surface area contributed by atoms with Crippen molar-refractivity contribution in [2.45, 2.75) is 38.1 Å². The SMILES string of the molecule is COCCN(Cc1ccc(C)s1)C(=O)C1CSC(C)(C)C(=O)N1. The highest BCUT2D eigenvalue weighted by atomic mass is 32.2. The molecule has 1 aromatic rings. The minimum atomic E-state index is -0.473. The van der Waals surface area contributed by atoms with Crippen molar-refractivity contribution in [3.8, 4) is 0 Å². The van der Waals surface area contributed by atoms with E-state index in [9.17, 15) is 9.59 Å². The molecule has 1 aromatic heterocycles. The van der Waals surface area contributed by atoms with Crippen LogP contribution in [0, 0.1) is 6.92 Å². The van der Waals surface area contributed by atoms with E-state index >= 15 is 0 Å². The van der Waals surface area contributed by atoms with Crippen molar-refractivity contribution in [2.75, 3.05) is 26.0 Å². The van der Waals surface area contributed by atoms with Gasteiger partial charge in [0.25, 0.3) is 0 Å². The van der Waals surface area contributed by atoms with Crippen LogP contribution < -0.4 is 5.32 Å². The molecule has 0 spiro atoms. The fourth-order valence-electron chi connectivity index (χ4n) is 2.31. The number of carbonyl (C=O) groups is 2. The number of carbonyl (C=O) groups excluding carboxylic acids is 2. The van der Waals surface area contributed by atoms with Crippen molar-refractivity contribution in [3.63, 3.8) is 0 Å². The lowest BCUT2D eigenvalue weighted by Crippen LogP contribution is -2.57. The molecule has 1 atom stereocenters. The molecule has 7 heteroatoms. The van der Waals surface area contributed by atoms with Gasteiger partial charge >= 0.3 is 0 Å². The first-order chi connectivity index (χ1) is 10.8. The number of aryl methyl sites for hydroxylation is 1. The largest absolute Gasteiger partial charge is 0.383 e. The highest BCUT2D eigenvalue weighted by Crippen LogP contribution is 2.29. The number of ether oxygens (including phenoxy) is 1. The third-order valence-electron chi connectivity index (χ3n) is 3.78. The van der Waals surface area contributed by atoms with Gasteiger partial charge in [-0.2, -0.15) is 0 Å². The number of rotatable bonds is 6. The van der Waals surface area contributed by atoms with E-state index in [-0.39, 0.29) is 11.8 Å². The Morgan fingerprint density at radius 3 is 2.78 bits per heavy atom. The Hall–Kier alpha value is -1.05. The summed E-state index contributed by atoms with van der Waals surface area (Å²) in [6, 6.07) is 3.64. The van der Waals surface area contributed by atoms with E-state index in [0.717, 1.165) is 4.88 Å². The van der Waals surface area contributed by atoms with Gasteiger partial charge in [-0.1, -0.05) is 0 Å². The normalized spacial score (nSPS) is 20.2. The predicted octanol–water partition coefficient (Wildman–Crippen LogP) is 2.04. The first kappa shape index (κ1) is 18.3. The molecule has 0 bridgehead atoms. The van der Waals surface area contributed by atoms with Gasteiger partial charge in [0.05, 0.1) is 17.9 Å². The molecular weight excluding hydrogens is 332 g/mol. The molecule has 0 aliphatic carbocycles. The molecule has 1 N–H and O–H groups in total. The smallest absolute Gasteiger partial charge is 0.246 e. The molecule has 2 rings (SSSR count). The fourth-order valence-corrected chi connectivity index (χ4v) is 4.22. The molecule has 1 saturated heterocycles. The van der Waals surface area contributed by atoms with Gasteiger partial charge in [-0.15, -0.1) is 23.1 Å². The summed E-state index contributed by atoms with van der Waals surface area (Å²) in [4.78, 5) is 29.1. The van der Waals surface area contributed by atoms with Crippen LogP contribution in [0.3, 0.4) is 0 Å². The van der Waals surface area contributed by atoms with E-state index in [4.69, 9.17) is 4.74 Å². The second kappa shape index (κ2) is 7.68. The van der Waals surface area contributed by atoms with E-state index in [1.807, 2.05) is 19.9 Å². The van der Waals surface area contributed by atoms with Crippen LogP contribution in [0.25, 0.3) is 0 Å². The van der Waals surface area contributed by atoms with E-state index in [1.54, 1.807) is 23.3 Å². The maximum absolute atomic E-state index is 12.8. The molecule has 23 heavy (non-hydrogen) atoms. The quantitative estimate of drug-likeness (QED) is 0.847. The number of thioether (sulfide) groups is 1. The minimum Gasteiger partial charge on any atom is -0.383 e. The van der Waals surface area contributed by atoms with Gasteiger partial charge in [-0.3, -0.25) is 9.59 Å². The summed E-state index contributed by atoms with van der Waals surface area (Å²) in [7, 11) is 1.62. The van der Waals surface area contributed by atoms with Crippen molar-refractivity contribution < 1.29 is 14.3 Å². The van der Waals surface area contributed by atoms with Gasteiger partial charge in [0.1, 0.15) is 6.04 Å². The summed E-state index contributed by atoms with van der Waals surface area (Å²) in [6.45, 7) is 7.37. The Balaban J connectivity index is 2.05. The van der Waals surface area contributed by atoms with Gasteiger partial charge in [-0.25, -0.2) is 0 Å². The van der Waals surface area contributed by atoms with E-state index in [1.165, 1.54) is 16.6 Å². The van der Waals surface area contributed by atoms with Gasteiger partial charge < -0.3 is 15.0 Å². The summed E-state index contributed by atoms with van der Waals surface area (Å²) in [6.07, 6.45) is 0. The Bertz CT molecular complexity index is 571. The maximum atomic E-state index is 12.8. The standard InChI is InChI=1S/C16H24N2O3S2/c1-11-5-6-12(23-11)9-18(7-8-21-4)14(19)13-10-22-16(2,3)15(20)17-13/h5-6,13H,7-10H2,1-4H3,(H,17,20). The molecule has 1 aliphatic heterocycles. The molecule has 2 heterocycles. The zero-order valence-corrected chi connectivity index (χ0v) is 15.7. The average molecular weight is 357 g/mol. The lowest BCUT2D eigenvalue weighted by Gasteiger charge is -2.35. The number of nitrogens with zero attached hydrogens (tertiary/aromatic N) is 1. The van der Waals surface area contributed by atoms with Crippen molar-refractivity contribution >= 4 is 34.9 Å². The molecule has 1 aliphatic rings. The van der Waals surface area contributed by atoms with E-state index < -0.39 is 10.8 Å². The highest BCUT2D eigenvalue weighted by Gasteiger charge is 2.39. The van der Waals surface area contributed by atoms with Gasteiger partial charge in [0.2, 0.25) is 11.8 Å². The number of methoxy groups -OCH3 is 1. The summed E-state index contributed by atoms with van der Waals surface area (Å²) in [5.41, 5.74) is 0. The van der Waals surface area contributed by atoms with Crippen LogP contribution in [-0.4, -0.2) is 53.5 Å². The molecule has 0 aromatic carbocycles. The third-order valence-corrected chi connectivity index (χ3v) is 6.17. The lowest BCUT2D eigenvalue weighted by atomic mass is 10.1. The molecule has 0 radical (unpaired) electrons. The van der Waals surface area contributed by atoms with Gasteiger partial charge in [0.15, 0.2) is 0 Å². The van der Waals surface area contributed by atoms with Crippen molar-refractivity contribution in [1.82, 2.24) is 10.2 Å². The Kier molecular flexibility index (Phi) is 6.11. The monoisotopic (exact) mass is 356 g/mol. The number of hydrogen-bond donors (Lipinski definition) is 1. The van der Waals surface area contributed by atoms with E-state index in [0.29, 0.717) is 25.4 Å². The van der Waals surface area contributed by atoms with Crippen LogP contribution in [-0.2, 0) is 20.9 Å². The Morgan fingerprint density at radius 1 is 1.48 bits per heavy atom. The maximum Gasteiger partial charge on any atom is 0.246 e. The summed E-state index contributed by atoms with van der Waals surface area (Å²) in [5.74, 6) is 0.486. The summed E-state index contributed by atoms with van der Waals surface area (Å²) < 4.78 is 4.65. The minimum absolute atomic E-state index is 0.0375. The number of thiophene rings is 1. The fraction of sp³-hybridized carbons (Fsp3) is 0.625. The second-order valence-electron chi connectivity index (χ2n) is 6.11. The zero-order chi connectivity index (χ0) is 17.0. The number of nitrogens with one attached hydrogen (secondary N) is 1. The first-order valence-electron chi connectivity index (χ1n) is 7.61. The van der Waals surface area contributed by atoms with Crippen LogP contribution in [0.5, 0.6) is 0 Å². The molecule has 1 fully saturated rings. The third kappa shape index (κ3) is 4.71. The highest BCUT2D eigenvalue weighted by molar-refractivity contribution is 8.01. The number of amides is 2. The van der Waals surface area contributed by atoms with Gasteiger partial charge in [-0.05, 0) is 32.9 Å². The molecule has 128 valence electrons. The van der Waals surface area contributed by atoms with Crippen molar-refractivity contribution in [3.05, 3.63) is 21.9 Å². The van der Waals surface area contributed by atoms with Crippen molar-refractivity contribution in [1.29, 1.82) is 0 Å². The van der Waals surface area contributed by atoms with Crippen LogP contribution >= 0.6 is 23.1 Å². The topological polar surface area (TPSA) is 58.6 Å². The molecule has 2 amide bonds. The molecule has 1 unspecified atom stereocenters. The van der Waals surface area contributed by atoms with Crippen molar-refractivity contribution in [2.24, 2.45) is 0 Å². The summed E-state index contributed by atoms with van der Waals surface area (Å²) in [5, 5.41) is 2.87. The number of hydrogen-bond acceptors (Lipinski definition) is 5. The molecule has 5 nitrogen and oxygen atoms in total. The van der Waals surface area contributed by atoms with E-state index in [2.05, 4.69) is 18.3 Å². The van der Waals surface area contributed by atoms with Gasteiger partial charge in [0, 0.05) is 29.2 Å². The first-order valence-corrected chi connectivity index (χ1v) is 9.41. The van der Waals surface area contributed by atoms with Crippen LogP contribution in [0.15, 0.2) is 12.1 Å². The Labute approximate surface area is 145 Å². The predicted molar refractivity (Wildman–Crippen MR) is 94.8 cm³/mol. The average Bonchev–Trinajstić information content (AvgIpc) is 2.91. The van der Waals surface area contributed by atoms with Crippen LogP contribution in [0.2, 0.25) is 0 Å². The zero-order valence-electron chi connectivity index (χ0n) is 14.0. The molecule has 0 saturated carbocycles. The molecular formula is C16H24N2O3S2. The Morgan fingerprint density at radius 2 is 2.22 bits per heavy atom. The lowest BCUT2D eigenvalue weighted by molar-refractivity contribution is -0.137. The van der Waals surface area contributed by atoms with Crippen LogP contribution in [0.1, 0.15) is 23.6 Å².